The van der Waals surface area contributed by atoms with Gasteiger partial charge in [0.2, 0.25) is 0 Å². The summed E-state index contributed by atoms with van der Waals surface area (Å²) in [6.07, 6.45) is 39.4. The zero-order chi connectivity index (χ0) is 51.5. The van der Waals surface area contributed by atoms with E-state index in [9.17, 15) is 14.7 Å². The lowest BCUT2D eigenvalue weighted by atomic mass is 10.1. The van der Waals surface area contributed by atoms with Gasteiger partial charge in [0.05, 0.1) is 65.4 Å². The molecule has 0 saturated carbocycles. The lowest BCUT2D eigenvalue weighted by molar-refractivity contribution is 0.0522. The van der Waals surface area contributed by atoms with Gasteiger partial charge in [-0.25, -0.2) is 9.59 Å². The van der Waals surface area contributed by atoms with Crippen LogP contribution in [-0.2, 0) is 4.74 Å². The number of ether oxygens (including phenoxy) is 3. The minimum Gasteiger partial charge on any atom is -0.490 e. The Morgan fingerprint density at radius 1 is 0.569 bits per heavy atom. The number of carbonyl (C=O) groups is 2. The molecule has 0 aliphatic carbocycles. The molecule has 0 aromatic carbocycles. The molecule has 0 fully saturated rings. The summed E-state index contributed by atoms with van der Waals surface area (Å²) in [6, 6.07) is 7.74. The number of carbonyl (C=O) groups excluding carboxylic acids is 1. The zero-order valence-electron chi connectivity index (χ0n) is 44.4. The van der Waals surface area contributed by atoms with E-state index in [4.69, 9.17) is 24.2 Å². The number of hydrogen-bond donors (Lipinski definition) is 5. The second-order valence-corrected chi connectivity index (χ2v) is 19.0. The Morgan fingerprint density at radius 3 is 1.43 bits per heavy atom. The number of aliphatic imine (C=N–C) groups is 2. The number of aryl methyl sites for hydroxylation is 2. The van der Waals surface area contributed by atoms with Gasteiger partial charge in [0.1, 0.15) is 11.1 Å². The number of carboxylic acid groups (broad SMARTS) is 1. The molecule has 0 saturated heterocycles. The van der Waals surface area contributed by atoms with Gasteiger partial charge in [-0.2, -0.15) is 0 Å². The predicted molar refractivity (Wildman–Crippen MR) is 298 cm³/mol. The molecule has 0 spiro atoms. The molecule has 12 nitrogen and oxygen atoms in total. The van der Waals surface area contributed by atoms with E-state index in [0.29, 0.717) is 54.0 Å². The Kier molecular flexibility index (Phi) is 24.5. The lowest BCUT2D eigenvalue weighted by Gasteiger charge is -2.08. The highest BCUT2D eigenvalue weighted by Gasteiger charge is 2.28. The van der Waals surface area contributed by atoms with E-state index in [1.54, 1.807) is 0 Å². The van der Waals surface area contributed by atoms with Crippen molar-refractivity contribution in [2.75, 3.05) is 19.8 Å². The fourth-order valence-electron chi connectivity index (χ4n) is 8.90. The number of aromatic nitrogens is 4. The normalized spacial score (nSPS) is 14.0. The summed E-state index contributed by atoms with van der Waals surface area (Å²) < 4.78 is 17.4. The average molecular weight is 985 g/mol. The van der Waals surface area contributed by atoms with Crippen LogP contribution in [0.5, 0.6) is 11.5 Å². The monoisotopic (exact) mass is 985 g/mol. The summed E-state index contributed by atoms with van der Waals surface area (Å²) in [5.41, 5.74) is 10.5. The van der Waals surface area contributed by atoms with Crippen LogP contribution in [-0.4, -0.2) is 68.2 Å². The van der Waals surface area contributed by atoms with E-state index in [1.807, 2.05) is 89.3 Å². The predicted octanol–water partition coefficient (Wildman–Crippen LogP) is 16.4. The number of rotatable bonds is 33. The van der Waals surface area contributed by atoms with Crippen LogP contribution in [0.15, 0.2) is 82.6 Å². The summed E-state index contributed by atoms with van der Waals surface area (Å²) in [5, 5.41) is 9.97. The summed E-state index contributed by atoms with van der Waals surface area (Å²) in [6.45, 7) is 17.1. The van der Waals surface area contributed by atoms with Crippen LogP contribution in [0.4, 0.5) is 0 Å². The third-order valence-corrected chi connectivity index (χ3v) is 12.7. The summed E-state index contributed by atoms with van der Waals surface area (Å²) in [4.78, 5) is 48.0. The lowest BCUT2D eigenvalue weighted by Crippen LogP contribution is -2.08. The summed E-state index contributed by atoms with van der Waals surface area (Å²) in [7, 11) is 0. The van der Waals surface area contributed by atoms with E-state index in [0.717, 1.165) is 96.2 Å². The van der Waals surface area contributed by atoms with Crippen molar-refractivity contribution in [3.05, 3.63) is 107 Å². The average Bonchev–Trinajstić information content (AvgIpc) is 4.25. The van der Waals surface area contributed by atoms with E-state index >= 15 is 0 Å². The maximum Gasteiger partial charge on any atom is 0.344 e. The molecule has 72 heavy (non-hydrogen) atoms. The smallest absolute Gasteiger partial charge is 0.344 e. The molecule has 2 aliphatic heterocycles. The Labute approximate surface area is 429 Å². The molecule has 0 bridgehead atoms. The van der Waals surface area contributed by atoms with Gasteiger partial charge in [-0.15, -0.1) is 6.58 Å². The number of nitrogens with one attached hydrogen (secondary N) is 4. The first-order valence-corrected chi connectivity index (χ1v) is 27.2. The molecule has 0 unspecified atom stereocenters. The number of carboxylic acids is 1. The number of aromatic amines is 4. The molecule has 0 radical (unpaired) electrons. The van der Waals surface area contributed by atoms with Gasteiger partial charge in [-0.1, -0.05) is 110 Å². The largest absolute Gasteiger partial charge is 0.490 e. The quantitative estimate of drug-likeness (QED) is 0.0181. The molecule has 5 N–H and O–H groups in total. The van der Waals surface area contributed by atoms with Crippen LogP contribution < -0.4 is 9.47 Å². The van der Waals surface area contributed by atoms with Gasteiger partial charge in [0.15, 0.2) is 11.5 Å². The third kappa shape index (κ3) is 17.8. The van der Waals surface area contributed by atoms with Crippen LogP contribution >= 0.6 is 0 Å². The van der Waals surface area contributed by atoms with E-state index in [2.05, 4.69) is 45.6 Å². The molecule has 0 amide bonds. The molecule has 4 aromatic heterocycles. The topological polar surface area (TPSA) is 170 Å². The number of hydrogen-bond acceptors (Lipinski definition) is 7. The van der Waals surface area contributed by atoms with Crippen molar-refractivity contribution in [2.24, 2.45) is 9.98 Å². The van der Waals surface area contributed by atoms with Crippen molar-refractivity contribution in [1.29, 1.82) is 0 Å². The third-order valence-electron chi connectivity index (χ3n) is 12.7. The molecule has 12 heteroatoms. The van der Waals surface area contributed by atoms with E-state index < -0.39 is 11.9 Å². The number of esters is 1. The Morgan fingerprint density at radius 2 is 1.01 bits per heavy atom. The zero-order valence-corrected chi connectivity index (χ0v) is 44.4. The highest BCUT2D eigenvalue weighted by atomic mass is 16.5. The molecule has 2 aliphatic rings. The fourth-order valence-corrected chi connectivity index (χ4v) is 8.90. The van der Waals surface area contributed by atoms with Crippen molar-refractivity contribution in [3.63, 3.8) is 0 Å². The van der Waals surface area contributed by atoms with Crippen molar-refractivity contribution in [1.82, 2.24) is 19.9 Å². The summed E-state index contributed by atoms with van der Waals surface area (Å²) >= 11 is 0. The van der Waals surface area contributed by atoms with Gasteiger partial charge < -0.3 is 39.3 Å². The first kappa shape index (κ1) is 56.6. The van der Waals surface area contributed by atoms with Crippen LogP contribution in [0.1, 0.15) is 206 Å². The molecule has 390 valence electrons. The molecule has 6 rings (SSSR count). The van der Waals surface area contributed by atoms with Crippen molar-refractivity contribution >= 4 is 35.5 Å². The number of unbranched alkanes of at least 4 members (excludes halogenated alkanes) is 15. The standard InChI is InChI=1S/C31H43N3O3.C29H41N3O3/c1-5-8-9-10-11-12-13-14-15-16-24-18-19-25(33-24)22-27-30(37-21-6-2)28(31(35)36-7-3)29(34-27)26-20-17-23(4)32-26;1-4-6-7-8-9-10-11-12-13-14-22-16-17-23(31-22)20-25-28(35-19-5-2)26(29(33)34)27(32-25)24-18-15-21(3)30-24/h5,17-20,22,32,34H,1,6-16,21H2,2-4H3;15-18,20,30,32H,4-14,19H2,1-3H3,(H,33,34). The Balaban J connectivity index is 0.000000268. The maximum absolute atomic E-state index is 13.0. The van der Waals surface area contributed by atoms with Gasteiger partial charge in [0, 0.05) is 22.8 Å². The molecule has 6 heterocycles. The van der Waals surface area contributed by atoms with Gasteiger partial charge >= 0.3 is 11.9 Å². The summed E-state index contributed by atoms with van der Waals surface area (Å²) in [5.74, 6) is -0.537. The van der Waals surface area contributed by atoms with Gasteiger partial charge in [-0.3, -0.25) is 9.98 Å². The number of allylic oxidation sites excluding steroid dienone is 5. The van der Waals surface area contributed by atoms with Gasteiger partial charge in [-0.05, 0) is 133 Å². The highest BCUT2D eigenvalue weighted by molar-refractivity contribution is 6.03. The van der Waals surface area contributed by atoms with E-state index in [1.165, 1.54) is 89.9 Å². The number of H-pyrrole nitrogens is 4. The highest BCUT2D eigenvalue weighted by Crippen LogP contribution is 2.38. The minimum atomic E-state index is -1.02. The number of nitrogens with zero attached hydrogens (tertiary/aromatic N) is 2. The van der Waals surface area contributed by atoms with Gasteiger partial charge in [0.25, 0.3) is 0 Å². The fraction of sp³-hybridized carbons (Fsp3) is 0.500. The first-order valence-electron chi connectivity index (χ1n) is 27.2. The Bertz CT molecular complexity index is 2520. The SMILES string of the molecule is C=CCCCCCCCCCC1=NC(=Cc2[nH]c(-c3ccc(C)[nH]3)c(C(=O)OCC)c2OCCC)C=C1.CCCCCCCCCCCC1=NC(=Cc2[nH]c(-c3ccc(C)[nH]3)c(C(=O)O)c2OCCC)C=C1. The Hall–Kier alpha value is -6.30. The second-order valence-electron chi connectivity index (χ2n) is 19.0. The van der Waals surface area contributed by atoms with Crippen LogP contribution in [0.2, 0.25) is 0 Å². The maximum atomic E-state index is 13.0. The molecule has 4 aromatic rings. The minimum absolute atomic E-state index is 0.146. The van der Waals surface area contributed by atoms with Crippen LogP contribution in [0, 0.1) is 13.8 Å². The van der Waals surface area contributed by atoms with E-state index in [-0.39, 0.29) is 5.56 Å². The van der Waals surface area contributed by atoms with Crippen LogP contribution in [0.25, 0.3) is 34.9 Å². The molecular weight excluding hydrogens is 901 g/mol. The second kappa shape index (κ2) is 31.2. The van der Waals surface area contributed by atoms with Crippen molar-refractivity contribution in [2.45, 2.75) is 176 Å². The molecular formula is C60H84N6O6. The van der Waals surface area contributed by atoms with Crippen LogP contribution in [0.3, 0.4) is 0 Å². The number of aromatic carboxylic acids is 1. The molecule has 0 atom stereocenters. The van der Waals surface area contributed by atoms with Crippen molar-refractivity contribution < 1.29 is 28.9 Å². The first-order chi connectivity index (χ1) is 35.1. The van der Waals surface area contributed by atoms with Crippen molar-refractivity contribution in [3.8, 4) is 34.3 Å².